The van der Waals surface area contributed by atoms with Crippen LogP contribution in [-0.4, -0.2) is 25.8 Å². The van der Waals surface area contributed by atoms with Gasteiger partial charge in [-0.2, -0.15) is 12.7 Å². The molecule has 1 rings (SSSR count). The van der Waals surface area contributed by atoms with Gasteiger partial charge < -0.3 is 0 Å². The summed E-state index contributed by atoms with van der Waals surface area (Å²) in [5.41, 5.74) is 0. The van der Waals surface area contributed by atoms with E-state index in [0.29, 0.717) is 29.0 Å². The summed E-state index contributed by atoms with van der Waals surface area (Å²) in [6.45, 7) is 3.37. The van der Waals surface area contributed by atoms with E-state index in [9.17, 15) is 8.42 Å². The van der Waals surface area contributed by atoms with E-state index in [1.807, 2.05) is 0 Å². The van der Waals surface area contributed by atoms with Gasteiger partial charge in [0.1, 0.15) is 0 Å². The third-order valence-electron chi connectivity index (χ3n) is 2.14. The van der Waals surface area contributed by atoms with Crippen molar-refractivity contribution in [3.8, 4) is 0 Å². The maximum atomic E-state index is 11.2. The number of hydrogen-bond acceptors (Lipinski definition) is 3. The van der Waals surface area contributed by atoms with Crippen LogP contribution >= 0.6 is 20.7 Å². The lowest BCUT2D eigenvalue weighted by Gasteiger charge is -2.27. The first-order chi connectivity index (χ1) is 5.56. The minimum Gasteiger partial charge on any atom is -0.199 e. The number of rotatable bonds is 2. The monoisotopic (exact) mass is 229 g/mol. The summed E-state index contributed by atoms with van der Waals surface area (Å²) in [5, 5.41) is 0. The molecule has 12 heavy (non-hydrogen) atoms. The zero-order chi connectivity index (χ0) is 9.19. The summed E-state index contributed by atoms with van der Waals surface area (Å²) in [7, 11) is 2.43. The van der Waals surface area contributed by atoms with Crippen LogP contribution in [0.3, 0.4) is 0 Å². The molecule has 0 aromatic heterocycles. The quantitative estimate of drug-likeness (QED) is 0.679. The van der Waals surface area contributed by atoms with Gasteiger partial charge in [0.25, 0.3) is 9.06 Å². The highest BCUT2D eigenvalue weighted by atomic mass is 35.7. The maximum absolute atomic E-state index is 11.2. The Balaban J connectivity index is 2.56. The number of piperidine rings is 1. The minimum atomic E-state index is -3.23. The van der Waals surface area contributed by atoms with Crippen LogP contribution in [0.4, 0.5) is 0 Å². The lowest BCUT2D eigenvalue weighted by Crippen LogP contribution is -2.35. The van der Waals surface area contributed by atoms with E-state index in [2.05, 4.69) is 6.92 Å². The third-order valence-corrected chi connectivity index (χ3v) is 5.84. The molecule has 0 unspecified atom stereocenters. The predicted molar refractivity (Wildman–Crippen MR) is 52.3 cm³/mol. The van der Waals surface area contributed by atoms with Crippen LogP contribution in [0.25, 0.3) is 0 Å². The van der Waals surface area contributed by atoms with Gasteiger partial charge in [-0.1, -0.05) is 6.92 Å². The van der Waals surface area contributed by atoms with Crippen molar-refractivity contribution in [2.75, 3.05) is 13.1 Å². The summed E-state index contributed by atoms with van der Waals surface area (Å²) in [4.78, 5) is 0. The molecule has 6 heteroatoms. The Labute approximate surface area is 81.4 Å². The number of hydrogen-bond donors (Lipinski definition) is 0. The van der Waals surface area contributed by atoms with E-state index in [0.717, 1.165) is 12.8 Å². The van der Waals surface area contributed by atoms with E-state index in [-0.39, 0.29) is 0 Å². The molecule has 0 aliphatic carbocycles. The van der Waals surface area contributed by atoms with E-state index in [1.54, 1.807) is 0 Å². The minimum absolute atomic E-state index is 0.405. The van der Waals surface area contributed by atoms with Crippen LogP contribution in [0.15, 0.2) is 0 Å². The SMILES string of the molecule is CC1CCN(S(=O)(=O)SCl)CC1. The molecule has 0 N–H and O–H groups in total. The van der Waals surface area contributed by atoms with Crippen LogP contribution in [-0.2, 0) is 9.06 Å². The van der Waals surface area contributed by atoms with Gasteiger partial charge in [0.05, 0.1) is 10.0 Å². The van der Waals surface area contributed by atoms with Crippen LogP contribution in [0.2, 0.25) is 0 Å². The van der Waals surface area contributed by atoms with Crippen molar-refractivity contribution in [3.05, 3.63) is 0 Å². The third kappa shape index (κ3) is 2.52. The molecule has 0 atom stereocenters. The zero-order valence-electron chi connectivity index (χ0n) is 6.86. The fourth-order valence-corrected chi connectivity index (χ4v) is 3.39. The van der Waals surface area contributed by atoms with E-state index in [1.165, 1.54) is 4.31 Å². The summed E-state index contributed by atoms with van der Waals surface area (Å²) < 4.78 is 23.9. The average molecular weight is 230 g/mol. The molecule has 1 aliphatic heterocycles. The van der Waals surface area contributed by atoms with Gasteiger partial charge in [-0.15, -0.1) is 0 Å². The van der Waals surface area contributed by atoms with Crippen molar-refractivity contribution in [3.63, 3.8) is 0 Å². The van der Waals surface area contributed by atoms with Crippen LogP contribution in [0.5, 0.6) is 0 Å². The van der Waals surface area contributed by atoms with Crippen LogP contribution < -0.4 is 0 Å². The highest BCUT2D eigenvalue weighted by Gasteiger charge is 2.26. The molecule has 72 valence electrons. The number of nitrogens with zero attached hydrogens (tertiary/aromatic N) is 1. The smallest absolute Gasteiger partial charge is 0.199 e. The molecule has 0 aromatic carbocycles. The van der Waals surface area contributed by atoms with Gasteiger partial charge in [-0.3, -0.25) is 0 Å². The molecular weight excluding hydrogens is 218 g/mol. The van der Waals surface area contributed by atoms with Crippen molar-refractivity contribution in [1.82, 2.24) is 4.31 Å². The van der Waals surface area contributed by atoms with Gasteiger partial charge in [0, 0.05) is 13.1 Å². The second kappa shape index (κ2) is 4.17. The zero-order valence-corrected chi connectivity index (χ0v) is 9.25. The second-order valence-electron chi connectivity index (χ2n) is 3.10. The van der Waals surface area contributed by atoms with Gasteiger partial charge in [-0.05, 0) is 29.4 Å². The van der Waals surface area contributed by atoms with Crippen molar-refractivity contribution in [2.24, 2.45) is 5.92 Å². The molecule has 0 aromatic rings. The first kappa shape index (κ1) is 10.6. The lowest BCUT2D eigenvalue weighted by atomic mass is 10.0. The first-order valence-corrected chi connectivity index (χ1v) is 7.46. The fraction of sp³-hybridized carbons (Fsp3) is 1.00. The molecule has 0 amide bonds. The largest absolute Gasteiger partial charge is 0.282 e. The molecule has 0 radical (unpaired) electrons. The summed E-state index contributed by atoms with van der Waals surface area (Å²) in [6, 6.07) is 0. The summed E-state index contributed by atoms with van der Waals surface area (Å²) in [5.74, 6) is 0.636. The van der Waals surface area contributed by atoms with Crippen LogP contribution in [0.1, 0.15) is 19.8 Å². The topological polar surface area (TPSA) is 37.4 Å². The highest BCUT2D eigenvalue weighted by Crippen LogP contribution is 2.26. The van der Waals surface area contributed by atoms with Crippen LogP contribution in [0, 0.1) is 5.92 Å². The Morgan fingerprint density at radius 3 is 2.33 bits per heavy atom. The Hall–Kier alpha value is 0.550. The molecule has 1 fully saturated rings. The summed E-state index contributed by atoms with van der Waals surface area (Å²) in [6.07, 6.45) is 1.88. The fourth-order valence-electron chi connectivity index (χ4n) is 1.25. The first-order valence-electron chi connectivity index (χ1n) is 3.86. The molecule has 1 saturated heterocycles. The average Bonchev–Trinajstić information content (AvgIpc) is 2.05. The van der Waals surface area contributed by atoms with Crippen molar-refractivity contribution in [2.45, 2.75) is 19.8 Å². The Bertz CT molecular complexity index is 234. The Morgan fingerprint density at radius 1 is 1.42 bits per heavy atom. The van der Waals surface area contributed by atoms with Gasteiger partial charge in [-0.25, -0.2) is 0 Å². The molecule has 1 heterocycles. The van der Waals surface area contributed by atoms with Crippen molar-refractivity contribution in [1.29, 1.82) is 0 Å². The lowest BCUT2D eigenvalue weighted by molar-refractivity contribution is 0.292. The molecule has 1 aliphatic rings. The standard InChI is InChI=1S/C6H12ClNO2S2/c1-6-2-4-8(5-3-6)12(9,10)11-7/h6H,2-5H2,1H3. The van der Waals surface area contributed by atoms with E-state index in [4.69, 9.17) is 10.7 Å². The van der Waals surface area contributed by atoms with E-state index < -0.39 is 9.06 Å². The Morgan fingerprint density at radius 2 is 1.92 bits per heavy atom. The van der Waals surface area contributed by atoms with Crippen molar-refractivity contribution >= 4 is 29.7 Å². The van der Waals surface area contributed by atoms with Gasteiger partial charge in [0.2, 0.25) is 0 Å². The van der Waals surface area contributed by atoms with E-state index >= 15 is 0 Å². The normalized spacial score (nSPS) is 22.8. The van der Waals surface area contributed by atoms with Gasteiger partial charge >= 0.3 is 0 Å². The molecular formula is C6H12ClNO2S2. The number of halogens is 1. The molecule has 0 saturated carbocycles. The molecule has 3 nitrogen and oxygen atoms in total. The van der Waals surface area contributed by atoms with Gasteiger partial charge in [0.15, 0.2) is 0 Å². The highest BCUT2D eigenvalue weighted by molar-refractivity contribution is 8.80. The summed E-state index contributed by atoms with van der Waals surface area (Å²) >= 11 is 0. The second-order valence-corrected chi connectivity index (χ2v) is 7.38. The Kier molecular flexibility index (Phi) is 3.70. The molecule has 0 bridgehead atoms. The molecule has 0 spiro atoms. The van der Waals surface area contributed by atoms with Crippen molar-refractivity contribution < 1.29 is 8.42 Å². The maximum Gasteiger partial charge on any atom is 0.282 e. The predicted octanol–water partition coefficient (Wildman–Crippen LogP) is 1.85.